The fourth-order valence-corrected chi connectivity index (χ4v) is 5.64. The molecule has 170 valence electrons. The van der Waals surface area contributed by atoms with E-state index < -0.39 is 6.09 Å². The highest BCUT2D eigenvalue weighted by molar-refractivity contribution is 5.86. The molecule has 0 atom stereocenters. The Labute approximate surface area is 183 Å². The Kier molecular flexibility index (Phi) is 6.10. The lowest BCUT2D eigenvalue weighted by atomic mass is 9.77. The number of aliphatic hydroxyl groups is 1. The Balaban J connectivity index is 1.41. The number of likely N-dealkylation sites (tertiary alicyclic amines) is 1. The summed E-state index contributed by atoms with van der Waals surface area (Å²) in [5, 5.41) is 19.1. The van der Waals surface area contributed by atoms with Crippen molar-refractivity contribution in [2.24, 2.45) is 5.41 Å². The van der Waals surface area contributed by atoms with Crippen molar-refractivity contribution in [2.45, 2.75) is 70.9 Å². The Morgan fingerprint density at radius 1 is 1.19 bits per heavy atom. The van der Waals surface area contributed by atoms with Crippen LogP contribution in [0.25, 0.3) is 0 Å². The van der Waals surface area contributed by atoms with Crippen molar-refractivity contribution in [1.29, 1.82) is 0 Å². The van der Waals surface area contributed by atoms with Gasteiger partial charge in [0.25, 0.3) is 0 Å². The summed E-state index contributed by atoms with van der Waals surface area (Å²) in [5.74, 6) is 1.19. The number of rotatable bonds is 4. The van der Waals surface area contributed by atoms with E-state index in [1.807, 2.05) is 13.0 Å². The first-order valence-electron chi connectivity index (χ1n) is 11.6. The summed E-state index contributed by atoms with van der Waals surface area (Å²) in [5.41, 5.74) is 1.29. The molecule has 0 radical (unpaired) electrons. The maximum Gasteiger partial charge on any atom is 0.411 e. The number of pyridine rings is 1. The second-order valence-electron chi connectivity index (χ2n) is 9.34. The summed E-state index contributed by atoms with van der Waals surface area (Å²) in [7, 11) is 0. The van der Waals surface area contributed by atoms with Gasteiger partial charge in [0.05, 0.1) is 23.4 Å². The number of aryl methyl sites for hydroxylation is 1. The van der Waals surface area contributed by atoms with Crippen LogP contribution < -0.4 is 9.80 Å². The number of carbonyl (C=O) groups excluding carboxylic acids is 1. The van der Waals surface area contributed by atoms with Gasteiger partial charge in [-0.2, -0.15) is 0 Å². The molecule has 0 aromatic carbocycles. The van der Waals surface area contributed by atoms with Crippen molar-refractivity contribution in [3.05, 3.63) is 17.8 Å². The van der Waals surface area contributed by atoms with E-state index in [9.17, 15) is 19.8 Å². The number of aliphatic hydroxyl groups excluding tert-OH is 1. The SMILES string of the molecule is CCN(C(=O)O)c1cnc(N2CCC3(CC2)CCN(C2CCC(O)CC2)C3=O)c(C)c1. The van der Waals surface area contributed by atoms with Gasteiger partial charge in [0.15, 0.2) is 0 Å². The predicted octanol–water partition coefficient (Wildman–Crippen LogP) is 3.02. The topological polar surface area (TPSA) is 97.2 Å². The van der Waals surface area contributed by atoms with Crippen LogP contribution in [-0.4, -0.2) is 70.4 Å². The number of carbonyl (C=O) groups is 2. The minimum Gasteiger partial charge on any atom is -0.465 e. The molecule has 2 saturated heterocycles. The lowest BCUT2D eigenvalue weighted by Crippen LogP contribution is -2.47. The molecule has 2 aliphatic heterocycles. The second-order valence-corrected chi connectivity index (χ2v) is 9.34. The van der Waals surface area contributed by atoms with E-state index in [2.05, 4.69) is 14.8 Å². The molecule has 1 aromatic rings. The summed E-state index contributed by atoms with van der Waals surface area (Å²) in [6, 6.07) is 2.17. The van der Waals surface area contributed by atoms with Gasteiger partial charge in [-0.05, 0) is 70.4 Å². The normalized spacial score (nSPS) is 25.8. The van der Waals surface area contributed by atoms with Gasteiger partial charge in [-0.15, -0.1) is 0 Å². The molecule has 3 heterocycles. The lowest BCUT2D eigenvalue weighted by Gasteiger charge is -2.40. The van der Waals surface area contributed by atoms with Gasteiger partial charge >= 0.3 is 6.09 Å². The molecule has 8 nitrogen and oxygen atoms in total. The highest BCUT2D eigenvalue weighted by atomic mass is 16.4. The van der Waals surface area contributed by atoms with Crippen LogP contribution in [0.2, 0.25) is 0 Å². The summed E-state index contributed by atoms with van der Waals surface area (Å²) < 4.78 is 0. The first kappa shape index (κ1) is 21.9. The van der Waals surface area contributed by atoms with Crippen LogP contribution in [0.4, 0.5) is 16.3 Å². The van der Waals surface area contributed by atoms with Gasteiger partial charge in [0.1, 0.15) is 5.82 Å². The van der Waals surface area contributed by atoms with Gasteiger partial charge in [0, 0.05) is 32.2 Å². The average molecular weight is 431 g/mol. The van der Waals surface area contributed by atoms with Crippen molar-refractivity contribution in [3.63, 3.8) is 0 Å². The molecule has 4 rings (SSSR count). The lowest BCUT2D eigenvalue weighted by molar-refractivity contribution is -0.139. The molecule has 1 saturated carbocycles. The number of piperidine rings is 1. The molecule has 3 aliphatic rings. The Morgan fingerprint density at radius 3 is 2.42 bits per heavy atom. The molecule has 3 fully saturated rings. The van der Waals surface area contributed by atoms with E-state index in [0.29, 0.717) is 24.2 Å². The van der Waals surface area contributed by atoms with Crippen LogP contribution in [0.3, 0.4) is 0 Å². The summed E-state index contributed by atoms with van der Waals surface area (Å²) >= 11 is 0. The van der Waals surface area contributed by atoms with E-state index in [4.69, 9.17) is 0 Å². The van der Waals surface area contributed by atoms with Crippen LogP contribution >= 0.6 is 0 Å². The maximum absolute atomic E-state index is 13.4. The molecule has 8 heteroatoms. The van der Waals surface area contributed by atoms with Crippen molar-refractivity contribution in [1.82, 2.24) is 9.88 Å². The van der Waals surface area contributed by atoms with E-state index >= 15 is 0 Å². The molecular formula is C23H34N4O4. The second kappa shape index (κ2) is 8.65. The van der Waals surface area contributed by atoms with Crippen molar-refractivity contribution < 1.29 is 19.8 Å². The van der Waals surface area contributed by atoms with Crippen molar-refractivity contribution >= 4 is 23.5 Å². The fraction of sp³-hybridized carbons (Fsp3) is 0.696. The first-order chi connectivity index (χ1) is 14.8. The zero-order chi connectivity index (χ0) is 22.2. The first-order valence-corrected chi connectivity index (χ1v) is 11.6. The smallest absolute Gasteiger partial charge is 0.411 e. The minimum atomic E-state index is -0.979. The van der Waals surface area contributed by atoms with Crippen LogP contribution in [0.5, 0.6) is 0 Å². The third-order valence-corrected chi connectivity index (χ3v) is 7.57. The highest BCUT2D eigenvalue weighted by Gasteiger charge is 2.50. The van der Waals surface area contributed by atoms with Gasteiger partial charge in [0.2, 0.25) is 5.91 Å². The number of hydrogen-bond donors (Lipinski definition) is 2. The van der Waals surface area contributed by atoms with Crippen molar-refractivity contribution in [3.8, 4) is 0 Å². The van der Waals surface area contributed by atoms with Crippen LogP contribution in [0.15, 0.2) is 12.3 Å². The molecule has 0 bridgehead atoms. The van der Waals surface area contributed by atoms with Gasteiger partial charge in [-0.1, -0.05) is 0 Å². The molecular weight excluding hydrogens is 396 g/mol. The van der Waals surface area contributed by atoms with Gasteiger partial charge in [-0.25, -0.2) is 9.78 Å². The number of hydrogen-bond acceptors (Lipinski definition) is 5. The summed E-state index contributed by atoms with van der Waals surface area (Å²) in [6.45, 7) is 6.55. The zero-order valence-electron chi connectivity index (χ0n) is 18.6. The third kappa shape index (κ3) is 4.10. The van der Waals surface area contributed by atoms with E-state index in [1.165, 1.54) is 4.90 Å². The van der Waals surface area contributed by atoms with Gasteiger partial charge in [-0.3, -0.25) is 9.69 Å². The number of nitrogens with zero attached hydrogens (tertiary/aromatic N) is 4. The standard InChI is InChI=1S/C23H34N4O4/c1-3-26(22(30)31)18-14-16(2)20(24-15-18)25-11-8-23(9-12-25)10-13-27(21(23)29)17-4-6-19(28)7-5-17/h14-15,17,19,28H,3-13H2,1-2H3,(H,30,31). The fourth-order valence-electron chi connectivity index (χ4n) is 5.64. The number of anilines is 2. The number of aromatic nitrogens is 1. The third-order valence-electron chi connectivity index (χ3n) is 7.57. The van der Waals surface area contributed by atoms with Crippen LogP contribution in [0.1, 0.15) is 57.4 Å². The van der Waals surface area contributed by atoms with Gasteiger partial charge < -0.3 is 20.0 Å². The van der Waals surface area contributed by atoms with E-state index in [1.54, 1.807) is 13.1 Å². The predicted molar refractivity (Wildman–Crippen MR) is 118 cm³/mol. The number of carboxylic acid groups (broad SMARTS) is 1. The van der Waals surface area contributed by atoms with Crippen molar-refractivity contribution in [2.75, 3.05) is 36.0 Å². The Hall–Kier alpha value is -2.35. The molecule has 1 spiro atoms. The van der Waals surface area contributed by atoms with E-state index in [0.717, 1.165) is 76.0 Å². The minimum absolute atomic E-state index is 0.201. The molecule has 2 N–H and O–H groups in total. The quantitative estimate of drug-likeness (QED) is 0.762. The summed E-state index contributed by atoms with van der Waals surface area (Å²) in [6.07, 6.45) is 6.46. The number of amides is 2. The van der Waals surface area contributed by atoms with Crippen LogP contribution in [0, 0.1) is 12.3 Å². The largest absolute Gasteiger partial charge is 0.465 e. The zero-order valence-corrected chi connectivity index (χ0v) is 18.6. The van der Waals surface area contributed by atoms with Crippen LogP contribution in [-0.2, 0) is 4.79 Å². The molecule has 31 heavy (non-hydrogen) atoms. The Bertz CT molecular complexity index is 829. The Morgan fingerprint density at radius 2 is 1.84 bits per heavy atom. The highest BCUT2D eigenvalue weighted by Crippen LogP contribution is 2.44. The molecule has 0 unspecified atom stereocenters. The van der Waals surface area contributed by atoms with E-state index in [-0.39, 0.29) is 11.5 Å². The molecule has 1 aromatic heterocycles. The average Bonchev–Trinajstić information content (AvgIpc) is 3.06. The molecule has 1 aliphatic carbocycles. The monoisotopic (exact) mass is 430 g/mol. The summed E-state index contributed by atoms with van der Waals surface area (Å²) in [4.78, 5) is 35.0. The molecule has 2 amide bonds. The maximum atomic E-state index is 13.4.